The minimum atomic E-state index is -4.51. The Morgan fingerprint density at radius 1 is 1.38 bits per heavy atom. The molecule has 3 aromatic heterocycles. The predicted molar refractivity (Wildman–Crippen MR) is 80.4 cm³/mol. The van der Waals surface area contributed by atoms with E-state index in [-0.39, 0.29) is 18.0 Å². The molecule has 1 atom stereocenters. The highest BCUT2D eigenvalue weighted by Crippen LogP contribution is 2.33. The summed E-state index contributed by atoms with van der Waals surface area (Å²) in [7, 11) is 0. The van der Waals surface area contributed by atoms with E-state index in [1.165, 1.54) is 18.5 Å². The van der Waals surface area contributed by atoms with E-state index in [9.17, 15) is 18.0 Å². The molecule has 126 valence electrons. The van der Waals surface area contributed by atoms with Gasteiger partial charge in [0, 0.05) is 24.2 Å². The number of furan rings is 1. The summed E-state index contributed by atoms with van der Waals surface area (Å²) in [4.78, 5) is 16.0. The number of carbonyl (C=O) groups excluding carboxylic acids is 1. The van der Waals surface area contributed by atoms with Crippen molar-refractivity contribution in [3.8, 4) is 0 Å². The van der Waals surface area contributed by atoms with Crippen LogP contribution >= 0.6 is 0 Å². The lowest BCUT2D eigenvalue weighted by molar-refractivity contribution is -0.143. The summed E-state index contributed by atoms with van der Waals surface area (Å²) in [5.41, 5.74) is -0.570. The second-order valence-corrected chi connectivity index (χ2v) is 5.41. The monoisotopic (exact) mass is 337 g/mol. The van der Waals surface area contributed by atoms with Gasteiger partial charge in [0.15, 0.2) is 5.76 Å². The molecular formula is C16H14F3N3O2. The molecule has 1 amide bonds. The Hall–Kier alpha value is -2.77. The molecule has 0 aliphatic carbocycles. The third-order valence-corrected chi connectivity index (χ3v) is 3.52. The van der Waals surface area contributed by atoms with Gasteiger partial charge in [-0.1, -0.05) is 0 Å². The Labute approximate surface area is 135 Å². The molecule has 3 heterocycles. The maximum atomic E-state index is 13.3. The van der Waals surface area contributed by atoms with Gasteiger partial charge in [0.05, 0.1) is 6.26 Å². The normalized spacial score (nSPS) is 13.2. The summed E-state index contributed by atoms with van der Waals surface area (Å²) in [6, 6.07) is 6.69. The van der Waals surface area contributed by atoms with Crippen LogP contribution < -0.4 is 5.32 Å². The van der Waals surface area contributed by atoms with Crippen LogP contribution in [0.1, 0.15) is 23.2 Å². The number of nitrogens with zero attached hydrogens (tertiary/aromatic N) is 2. The lowest BCUT2D eigenvalue weighted by Gasteiger charge is -2.18. The molecule has 0 saturated carbocycles. The van der Waals surface area contributed by atoms with Crippen LogP contribution in [0.3, 0.4) is 0 Å². The topological polar surface area (TPSA) is 60.1 Å². The second-order valence-electron chi connectivity index (χ2n) is 5.41. The molecule has 0 spiro atoms. The van der Waals surface area contributed by atoms with Crippen molar-refractivity contribution >= 4 is 16.9 Å². The fourth-order valence-electron chi connectivity index (χ4n) is 2.53. The van der Waals surface area contributed by atoms with Gasteiger partial charge in [0.1, 0.15) is 11.3 Å². The molecule has 0 fully saturated rings. The first kappa shape index (κ1) is 16.1. The van der Waals surface area contributed by atoms with Gasteiger partial charge in [-0.15, -0.1) is 0 Å². The van der Waals surface area contributed by atoms with Crippen molar-refractivity contribution in [2.45, 2.75) is 25.7 Å². The van der Waals surface area contributed by atoms with Crippen molar-refractivity contribution in [2.75, 3.05) is 0 Å². The quantitative estimate of drug-likeness (QED) is 0.793. The fourth-order valence-corrected chi connectivity index (χ4v) is 2.53. The van der Waals surface area contributed by atoms with Gasteiger partial charge in [-0.3, -0.25) is 4.79 Å². The highest BCUT2D eigenvalue weighted by Gasteiger charge is 2.36. The lowest BCUT2D eigenvalue weighted by atomic mass is 10.3. The molecule has 3 aromatic rings. The Kier molecular flexibility index (Phi) is 4.04. The van der Waals surface area contributed by atoms with Crippen molar-refractivity contribution in [3.63, 3.8) is 0 Å². The average Bonchev–Trinajstić information content (AvgIpc) is 3.15. The molecule has 3 rings (SSSR count). The summed E-state index contributed by atoms with van der Waals surface area (Å²) < 4.78 is 45.9. The van der Waals surface area contributed by atoms with Gasteiger partial charge in [0.2, 0.25) is 0 Å². The van der Waals surface area contributed by atoms with E-state index < -0.39 is 23.8 Å². The number of nitrogens with one attached hydrogen (secondary N) is 1. The van der Waals surface area contributed by atoms with E-state index in [1.54, 1.807) is 25.1 Å². The summed E-state index contributed by atoms with van der Waals surface area (Å²) in [6.45, 7) is 1.55. The standard InChI is InChI=1S/C16H14F3N3O2/c1-10(21-15(23)12-5-3-7-24-12)9-22-13(16(17,18)19)8-11-4-2-6-20-14(11)22/h2-8,10H,9H2,1H3,(H,21,23)/t10-/m1/s1. The van der Waals surface area contributed by atoms with E-state index in [2.05, 4.69) is 10.3 Å². The van der Waals surface area contributed by atoms with E-state index in [0.29, 0.717) is 5.39 Å². The molecule has 0 saturated heterocycles. The molecular weight excluding hydrogens is 323 g/mol. The first-order valence-electron chi connectivity index (χ1n) is 7.22. The highest BCUT2D eigenvalue weighted by atomic mass is 19.4. The number of amides is 1. The van der Waals surface area contributed by atoms with Gasteiger partial charge in [-0.25, -0.2) is 4.98 Å². The molecule has 0 bridgehead atoms. The first-order valence-corrected chi connectivity index (χ1v) is 7.22. The van der Waals surface area contributed by atoms with Crippen molar-refractivity contribution in [1.29, 1.82) is 0 Å². The fraction of sp³-hybridized carbons (Fsp3) is 0.250. The van der Waals surface area contributed by atoms with Gasteiger partial charge in [-0.2, -0.15) is 13.2 Å². The van der Waals surface area contributed by atoms with Crippen LogP contribution in [0.2, 0.25) is 0 Å². The maximum Gasteiger partial charge on any atom is 0.431 e. The number of pyridine rings is 1. The third-order valence-electron chi connectivity index (χ3n) is 3.52. The SMILES string of the molecule is C[C@H](Cn1c(C(F)(F)F)cc2cccnc21)NC(=O)c1ccco1. The molecule has 0 aliphatic rings. The van der Waals surface area contributed by atoms with Gasteiger partial charge in [0.25, 0.3) is 5.91 Å². The van der Waals surface area contributed by atoms with Crippen LogP contribution in [0.25, 0.3) is 11.0 Å². The van der Waals surface area contributed by atoms with Crippen molar-refractivity contribution < 1.29 is 22.4 Å². The van der Waals surface area contributed by atoms with Crippen LogP contribution in [0, 0.1) is 0 Å². The number of hydrogen-bond acceptors (Lipinski definition) is 3. The Bertz CT molecular complexity index is 853. The molecule has 0 radical (unpaired) electrons. The number of alkyl halides is 3. The van der Waals surface area contributed by atoms with Crippen LogP contribution in [0.4, 0.5) is 13.2 Å². The number of rotatable bonds is 4. The summed E-state index contributed by atoms with van der Waals surface area (Å²) in [5.74, 6) is -0.376. The van der Waals surface area contributed by atoms with E-state index in [0.717, 1.165) is 10.6 Å². The van der Waals surface area contributed by atoms with Crippen molar-refractivity contribution in [2.24, 2.45) is 0 Å². The zero-order valence-electron chi connectivity index (χ0n) is 12.7. The molecule has 24 heavy (non-hydrogen) atoms. The number of halogens is 3. The average molecular weight is 337 g/mol. The highest BCUT2D eigenvalue weighted by molar-refractivity contribution is 5.91. The number of aromatic nitrogens is 2. The Morgan fingerprint density at radius 3 is 2.83 bits per heavy atom. The van der Waals surface area contributed by atoms with E-state index in [1.807, 2.05) is 0 Å². The molecule has 0 unspecified atom stereocenters. The number of carbonyl (C=O) groups is 1. The Balaban J connectivity index is 1.87. The first-order chi connectivity index (χ1) is 11.4. The minimum absolute atomic E-state index is 0.0677. The van der Waals surface area contributed by atoms with Crippen molar-refractivity contribution in [1.82, 2.24) is 14.9 Å². The van der Waals surface area contributed by atoms with E-state index in [4.69, 9.17) is 4.42 Å². The summed E-state index contributed by atoms with van der Waals surface area (Å²) in [6.07, 6.45) is -1.72. The molecule has 0 aromatic carbocycles. The largest absolute Gasteiger partial charge is 0.459 e. The van der Waals surface area contributed by atoms with Gasteiger partial charge in [-0.05, 0) is 37.3 Å². The zero-order valence-corrected chi connectivity index (χ0v) is 12.7. The van der Waals surface area contributed by atoms with Crippen LogP contribution in [-0.2, 0) is 12.7 Å². The molecule has 1 N–H and O–H groups in total. The third kappa shape index (κ3) is 3.12. The molecule has 8 heteroatoms. The smallest absolute Gasteiger partial charge is 0.431 e. The number of fused-ring (bicyclic) bond motifs is 1. The lowest BCUT2D eigenvalue weighted by Crippen LogP contribution is -2.36. The van der Waals surface area contributed by atoms with Crippen LogP contribution in [-0.4, -0.2) is 21.5 Å². The maximum absolute atomic E-state index is 13.3. The molecule has 0 aliphatic heterocycles. The van der Waals surface area contributed by atoms with Gasteiger partial charge >= 0.3 is 6.18 Å². The summed E-state index contributed by atoms with van der Waals surface area (Å²) in [5, 5.41) is 3.01. The van der Waals surface area contributed by atoms with E-state index >= 15 is 0 Å². The van der Waals surface area contributed by atoms with Crippen LogP contribution in [0.5, 0.6) is 0 Å². The van der Waals surface area contributed by atoms with Crippen molar-refractivity contribution in [3.05, 3.63) is 54.2 Å². The second kappa shape index (κ2) is 6.03. The molecule has 5 nitrogen and oxygen atoms in total. The Morgan fingerprint density at radius 2 is 2.17 bits per heavy atom. The van der Waals surface area contributed by atoms with Crippen LogP contribution in [0.15, 0.2) is 47.2 Å². The minimum Gasteiger partial charge on any atom is -0.459 e. The summed E-state index contributed by atoms with van der Waals surface area (Å²) >= 11 is 0. The zero-order chi connectivity index (χ0) is 17.3. The van der Waals surface area contributed by atoms with Gasteiger partial charge < -0.3 is 14.3 Å². The predicted octanol–water partition coefficient (Wildman–Crippen LogP) is 3.47. The number of hydrogen-bond donors (Lipinski definition) is 1.